The van der Waals surface area contributed by atoms with Crippen LogP contribution >= 0.6 is 0 Å². The molecule has 3 fully saturated rings. The first-order valence-electron chi connectivity index (χ1n) is 15.1. The third kappa shape index (κ3) is 7.22. The van der Waals surface area contributed by atoms with E-state index in [9.17, 15) is 14.4 Å². The van der Waals surface area contributed by atoms with Gasteiger partial charge in [-0.25, -0.2) is 0 Å². The van der Waals surface area contributed by atoms with Crippen molar-refractivity contribution in [1.29, 1.82) is 0 Å². The van der Waals surface area contributed by atoms with Crippen molar-refractivity contribution in [3.8, 4) is 0 Å². The third-order valence-electron chi connectivity index (χ3n) is 8.49. The fraction of sp³-hybridized carbons (Fsp3) is 0.531. The van der Waals surface area contributed by atoms with Crippen molar-refractivity contribution in [2.24, 2.45) is 5.92 Å². The van der Waals surface area contributed by atoms with Gasteiger partial charge in [0.15, 0.2) is 0 Å². The van der Waals surface area contributed by atoms with E-state index in [4.69, 9.17) is 0 Å². The van der Waals surface area contributed by atoms with Gasteiger partial charge in [-0.05, 0) is 56.0 Å². The van der Waals surface area contributed by atoms with E-state index in [0.717, 1.165) is 76.0 Å². The van der Waals surface area contributed by atoms with Crippen molar-refractivity contribution in [2.75, 3.05) is 62.6 Å². The Morgan fingerprint density at radius 3 is 2.40 bits per heavy atom. The minimum atomic E-state index is 0.0111. The number of anilines is 2. The Morgan fingerprint density at radius 2 is 1.57 bits per heavy atom. The van der Waals surface area contributed by atoms with Crippen LogP contribution in [0.5, 0.6) is 0 Å². The highest BCUT2D eigenvalue weighted by Gasteiger charge is 2.26. The number of benzene rings is 2. The Balaban J connectivity index is 1.33. The molecule has 0 spiro atoms. The van der Waals surface area contributed by atoms with E-state index in [1.807, 2.05) is 58.3 Å². The van der Waals surface area contributed by atoms with Crippen molar-refractivity contribution < 1.29 is 14.4 Å². The zero-order chi connectivity index (χ0) is 27.7. The summed E-state index contributed by atoms with van der Waals surface area (Å²) in [6.07, 6.45) is 7.39. The van der Waals surface area contributed by atoms with Crippen molar-refractivity contribution in [1.82, 2.24) is 15.1 Å². The molecule has 3 amide bonds. The summed E-state index contributed by atoms with van der Waals surface area (Å²) in [7, 11) is 0. The van der Waals surface area contributed by atoms with E-state index in [0.29, 0.717) is 43.9 Å². The van der Waals surface area contributed by atoms with Gasteiger partial charge in [0.1, 0.15) is 0 Å². The molecule has 214 valence electrons. The second-order valence-corrected chi connectivity index (χ2v) is 11.3. The second kappa shape index (κ2) is 13.8. The van der Waals surface area contributed by atoms with Gasteiger partial charge >= 0.3 is 0 Å². The number of nitrogens with one attached hydrogen (secondary N) is 2. The topological polar surface area (TPSA) is 85.0 Å². The Kier molecular flexibility index (Phi) is 9.71. The molecule has 2 saturated heterocycles. The molecule has 40 heavy (non-hydrogen) atoms. The largest absolute Gasteiger partial charge is 0.368 e. The van der Waals surface area contributed by atoms with E-state index in [1.54, 1.807) is 0 Å². The van der Waals surface area contributed by atoms with Gasteiger partial charge in [-0.1, -0.05) is 49.6 Å². The molecule has 2 aliphatic heterocycles. The Hall–Kier alpha value is -3.39. The van der Waals surface area contributed by atoms with E-state index < -0.39 is 0 Å². The van der Waals surface area contributed by atoms with Gasteiger partial charge in [0.25, 0.3) is 5.91 Å². The van der Waals surface area contributed by atoms with Crippen molar-refractivity contribution in [3.05, 3.63) is 59.7 Å². The van der Waals surface area contributed by atoms with Crippen LogP contribution in [0.4, 0.5) is 11.4 Å². The number of rotatable bonds is 6. The molecular weight excluding hydrogens is 502 g/mol. The van der Waals surface area contributed by atoms with Crippen molar-refractivity contribution >= 4 is 29.1 Å². The summed E-state index contributed by atoms with van der Waals surface area (Å²) in [5.74, 6) is 0.232. The monoisotopic (exact) mass is 545 g/mol. The van der Waals surface area contributed by atoms with Crippen LogP contribution in [0, 0.1) is 5.92 Å². The molecule has 0 bridgehead atoms. The number of carbonyl (C=O) groups excluding carboxylic acids is 3. The predicted octanol–water partition coefficient (Wildman–Crippen LogP) is 3.92. The second-order valence-electron chi connectivity index (χ2n) is 11.3. The third-order valence-corrected chi connectivity index (χ3v) is 8.49. The highest BCUT2D eigenvalue weighted by atomic mass is 16.2. The number of amides is 3. The maximum absolute atomic E-state index is 13.4. The van der Waals surface area contributed by atoms with Crippen LogP contribution < -0.4 is 15.5 Å². The quantitative estimate of drug-likeness (QED) is 0.575. The average Bonchev–Trinajstić information content (AvgIpc) is 3.42. The highest BCUT2D eigenvalue weighted by Crippen LogP contribution is 2.31. The lowest BCUT2D eigenvalue weighted by Gasteiger charge is -2.28. The Labute approximate surface area is 238 Å². The van der Waals surface area contributed by atoms with Gasteiger partial charge in [0, 0.05) is 57.3 Å². The molecule has 2 N–H and O–H groups in total. The van der Waals surface area contributed by atoms with E-state index in [-0.39, 0.29) is 23.6 Å². The standard InChI is InChI=1S/C32H43N5O3/c38-30(23-25-9-3-1-4-10-25)36-19-8-18-35(21-22-36)29-14-13-27(32(40)37-17-7-15-33-16-20-37)24-28(29)34-31(39)26-11-5-2-6-12-26/h1,3-4,9-10,13-14,24,26,33H,2,5-8,11-12,15-23H2,(H,34,39). The molecule has 0 unspecified atom stereocenters. The molecule has 8 nitrogen and oxygen atoms in total. The van der Waals surface area contributed by atoms with Crippen LogP contribution in [-0.2, 0) is 16.0 Å². The Bertz CT molecular complexity index is 1160. The normalized spacial score (nSPS) is 19.1. The maximum atomic E-state index is 13.4. The first-order valence-corrected chi connectivity index (χ1v) is 15.1. The van der Waals surface area contributed by atoms with Gasteiger partial charge < -0.3 is 25.3 Å². The van der Waals surface area contributed by atoms with Crippen molar-refractivity contribution in [3.63, 3.8) is 0 Å². The predicted molar refractivity (Wildman–Crippen MR) is 159 cm³/mol. The summed E-state index contributed by atoms with van der Waals surface area (Å²) in [4.78, 5) is 45.9. The van der Waals surface area contributed by atoms with Crippen LogP contribution in [-0.4, -0.2) is 79.9 Å². The molecular formula is C32H43N5O3. The molecule has 2 aromatic rings. The van der Waals surface area contributed by atoms with Crippen LogP contribution in [0.1, 0.15) is 60.9 Å². The molecule has 8 heteroatoms. The summed E-state index contributed by atoms with van der Waals surface area (Å²) in [5, 5.41) is 6.59. The summed E-state index contributed by atoms with van der Waals surface area (Å²) < 4.78 is 0. The number of hydrogen-bond donors (Lipinski definition) is 2. The molecule has 0 atom stereocenters. The van der Waals surface area contributed by atoms with Gasteiger partial charge in [0.2, 0.25) is 11.8 Å². The van der Waals surface area contributed by atoms with E-state index >= 15 is 0 Å². The number of hydrogen-bond acceptors (Lipinski definition) is 5. The number of carbonyl (C=O) groups is 3. The zero-order valence-corrected chi connectivity index (χ0v) is 23.6. The van der Waals surface area contributed by atoms with Gasteiger partial charge in [0.05, 0.1) is 17.8 Å². The molecule has 1 saturated carbocycles. The van der Waals surface area contributed by atoms with Crippen LogP contribution in [0.3, 0.4) is 0 Å². The summed E-state index contributed by atoms with van der Waals surface area (Å²) in [6.45, 7) is 5.94. The van der Waals surface area contributed by atoms with Gasteiger partial charge in [-0.3, -0.25) is 14.4 Å². The van der Waals surface area contributed by atoms with Crippen LogP contribution in [0.2, 0.25) is 0 Å². The Morgan fingerprint density at radius 1 is 0.775 bits per heavy atom. The van der Waals surface area contributed by atoms with Crippen molar-refractivity contribution in [2.45, 2.75) is 51.4 Å². The average molecular weight is 546 g/mol. The van der Waals surface area contributed by atoms with Gasteiger partial charge in [-0.2, -0.15) is 0 Å². The van der Waals surface area contributed by atoms with E-state index in [1.165, 1.54) is 6.42 Å². The summed E-state index contributed by atoms with van der Waals surface area (Å²) in [6, 6.07) is 15.6. The summed E-state index contributed by atoms with van der Waals surface area (Å²) in [5.41, 5.74) is 3.27. The minimum Gasteiger partial charge on any atom is -0.368 e. The molecule has 3 aliphatic rings. The molecule has 1 aliphatic carbocycles. The summed E-state index contributed by atoms with van der Waals surface area (Å²) >= 11 is 0. The molecule has 0 aromatic heterocycles. The first kappa shape index (κ1) is 28.1. The molecule has 2 heterocycles. The van der Waals surface area contributed by atoms with Crippen LogP contribution in [0.25, 0.3) is 0 Å². The molecule has 5 rings (SSSR count). The lowest BCUT2D eigenvalue weighted by Crippen LogP contribution is -2.36. The van der Waals surface area contributed by atoms with E-state index in [2.05, 4.69) is 15.5 Å². The highest BCUT2D eigenvalue weighted by molar-refractivity contribution is 6.00. The lowest BCUT2D eigenvalue weighted by atomic mass is 9.88. The van der Waals surface area contributed by atoms with Crippen LogP contribution in [0.15, 0.2) is 48.5 Å². The first-order chi connectivity index (χ1) is 19.6. The van der Waals surface area contributed by atoms with Gasteiger partial charge in [-0.15, -0.1) is 0 Å². The smallest absolute Gasteiger partial charge is 0.253 e. The minimum absolute atomic E-state index is 0.0111. The number of nitrogens with zero attached hydrogens (tertiary/aromatic N) is 3. The molecule has 0 radical (unpaired) electrons. The fourth-order valence-electron chi connectivity index (χ4n) is 6.17. The lowest BCUT2D eigenvalue weighted by molar-refractivity contribution is -0.130. The molecule has 2 aromatic carbocycles. The maximum Gasteiger partial charge on any atom is 0.253 e. The fourth-order valence-corrected chi connectivity index (χ4v) is 6.17. The SMILES string of the molecule is O=C(Nc1cc(C(=O)N2CCCNCC2)ccc1N1CCCN(C(=O)Cc2ccccc2)CC1)C1CCCCC1. The zero-order valence-electron chi connectivity index (χ0n) is 23.6.